The number of hydrogen-bond acceptors (Lipinski definition) is 3. The van der Waals surface area contributed by atoms with Gasteiger partial charge in [-0.1, -0.05) is 52.2 Å². The molecule has 0 aromatic heterocycles. The molecule has 0 saturated heterocycles. The Hall–Kier alpha value is -0.870. The van der Waals surface area contributed by atoms with Gasteiger partial charge in [0, 0.05) is 13.1 Å². The smallest absolute Gasteiger partial charge is 0.238 e. The maximum atomic E-state index is 11.3. The summed E-state index contributed by atoms with van der Waals surface area (Å²) in [6.07, 6.45) is 4.93. The molecule has 27 heavy (non-hydrogen) atoms. The fourth-order valence-electron chi connectivity index (χ4n) is 2.56. The van der Waals surface area contributed by atoms with Gasteiger partial charge in [-0.25, -0.2) is 18.5 Å². The summed E-state index contributed by atoms with van der Waals surface area (Å²) in [7, 11) is -3.65. The van der Waals surface area contributed by atoms with E-state index in [-0.39, 0.29) is 34.3 Å². The van der Waals surface area contributed by atoms with Crippen molar-refractivity contribution < 1.29 is 8.42 Å². The minimum atomic E-state index is -3.65. The van der Waals surface area contributed by atoms with E-state index in [0.717, 1.165) is 24.6 Å². The Bertz CT molecular complexity index is 673. The number of nitrogens with zero attached hydrogens (tertiary/aromatic N) is 1. The number of nitrogens with two attached hydrogens (primary N) is 1. The van der Waals surface area contributed by atoms with Gasteiger partial charge in [-0.3, -0.25) is 0 Å². The topological polar surface area (TPSA) is 96.6 Å². The molecule has 0 saturated carbocycles. The molecular formula is C19H35IN4O2S. The second kappa shape index (κ2) is 12.6. The van der Waals surface area contributed by atoms with Gasteiger partial charge in [0.1, 0.15) is 0 Å². The molecule has 1 aromatic carbocycles. The zero-order valence-electron chi connectivity index (χ0n) is 16.9. The van der Waals surface area contributed by atoms with E-state index in [0.29, 0.717) is 6.54 Å². The van der Waals surface area contributed by atoms with Crippen LogP contribution in [0.5, 0.6) is 0 Å². The molecule has 6 nitrogen and oxygen atoms in total. The van der Waals surface area contributed by atoms with Crippen LogP contribution in [0, 0.1) is 5.41 Å². The highest BCUT2D eigenvalue weighted by Gasteiger charge is 2.17. The first-order valence-electron chi connectivity index (χ1n) is 9.32. The average Bonchev–Trinajstić information content (AvgIpc) is 2.57. The van der Waals surface area contributed by atoms with Crippen LogP contribution in [0.4, 0.5) is 0 Å². The number of unbranched alkanes of at least 4 members (excludes halogenated alkanes) is 2. The number of sulfonamides is 1. The van der Waals surface area contributed by atoms with Gasteiger partial charge in [0.25, 0.3) is 0 Å². The van der Waals surface area contributed by atoms with E-state index in [1.807, 2.05) is 6.92 Å². The SMILES string of the molecule is CCCCCC(C)(C)CNC(=NCc1ccc(S(N)(=O)=O)cc1)NCC.I. The van der Waals surface area contributed by atoms with Crippen molar-refractivity contribution in [1.82, 2.24) is 10.6 Å². The maximum Gasteiger partial charge on any atom is 0.238 e. The summed E-state index contributed by atoms with van der Waals surface area (Å²) in [5.74, 6) is 0.770. The predicted molar refractivity (Wildman–Crippen MR) is 124 cm³/mol. The third-order valence-electron chi connectivity index (χ3n) is 4.21. The van der Waals surface area contributed by atoms with Crippen molar-refractivity contribution in [3.05, 3.63) is 29.8 Å². The van der Waals surface area contributed by atoms with Gasteiger partial charge in [0.15, 0.2) is 5.96 Å². The fraction of sp³-hybridized carbons (Fsp3) is 0.632. The van der Waals surface area contributed by atoms with Gasteiger partial charge >= 0.3 is 0 Å². The maximum absolute atomic E-state index is 11.3. The number of halogens is 1. The number of hydrogen-bond donors (Lipinski definition) is 3. The van der Waals surface area contributed by atoms with Crippen LogP contribution in [0.3, 0.4) is 0 Å². The molecule has 0 amide bonds. The second-order valence-electron chi connectivity index (χ2n) is 7.36. The molecule has 4 N–H and O–H groups in total. The quantitative estimate of drug-likeness (QED) is 0.194. The Kier molecular flexibility index (Phi) is 12.2. The lowest BCUT2D eigenvalue weighted by Crippen LogP contribution is -2.42. The van der Waals surface area contributed by atoms with E-state index >= 15 is 0 Å². The van der Waals surface area contributed by atoms with Crippen molar-refractivity contribution in [1.29, 1.82) is 0 Å². The number of aliphatic imine (C=N–C) groups is 1. The number of primary sulfonamides is 1. The molecule has 1 aromatic rings. The Morgan fingerprint density at radius 2 is 1.74 bits per heavy atom. The lowest BCUT2D eigenvalue weighted by atomic mass is 9.87. The molecule has 0 heterocycles. The normalized spacial score (nSPS) is 12.4. The van der Waals surface area contributed by atoms with Crippen molar-refractivity contribution in [2.75, 3.05) is 13.1 Å². The van der Waals surface area contributed by atoms with E-state index < -0.39 is 10.0 Å². The third kappa shape index (κ3) is 10.9. The van der Waals surface area contributed by atoms with Crippen molar-refractivity contribution in [3.8, 4) is 0 Å². The highest BCUT2D eigenvalue weighted by atomic mass is 127. The number of rotatable bonds is 10. The Morgan fingerprint density at radius 1 is 1.11 bits per heavy atom. The minimum Gasteiger partial charge on any atom is -0.357 e. The fourth-order valence-corrected chi connectivity index (χ4v) is 3.08. The van der Waals surface area contributed by atoms with Gasteiger partial charge in [0.2, 0.25) is 10.0 Å². The van der Waals surface area contributed by atoms with Crippen molar-refractivity contribution in [2.45, 2.75) is 64.8 Å². The Balaban J connectivity index is 0.00000676. The summed E-state index contributed by atoms with van der Waals surface area (Å²) in [6, 6.07) is 6.50. The van der Waals surface area contributed by atoms with Crippen LogP contribution in [0.2, 0.25) is 0 Å². The second-order valence-corrected chi connectivity index (χ2v) is 8.92. The van der Waals surface area contributed by atoms with Crippen LogP contribution >= 0.6 is 24.0 Å². The molecule has 1 rings (SSSR count). The van der Waals surface area contributed by atoms with Crippen LogP contribution in [-0.2, 0) is 16.6 Å². The third-order valence-corrected chi connectivity index (χ3v) is 5.14. The zero-order valence-corrected chi connectivity index (χ0v) is 20.1. The van der Waals surface area contributed by atoms with Crippen LogP contribution < -0.4 is 15.8 Å². The molecule has 0 aliphatic rings. The zero-order chi connectivity index (χ0) is 19.6. The van der Waals surface area contributed by atoms with Crippen LogP contribution in [-0.4, -0.2) is 27.5 Å². The standard InChI is InChI=1S/C19H34N4O2S.HI/c1-5-7-8-13-19(3,4)15-23-18(21-6-2)22-14-16-9-11-17(12-10-16)26(20,24)25;/h9-12H,5-8,13-15H2,1-4H3,(H2,20,24,25)(H2,21,22,23);1H. The molecule has 0 bridgehead atoms. The molecule has 0 spiro atoms. The minimum absolute atomic E-state index is 0. The van der Waals surface area contributed by atoms with Crippen molar-refractivity contribution in [3.63, 3.8) is 0 Å². The summed E-state index contributed by atoms with van der Waals surface area (Å²) in [5, 5.41) is 11.8. The van der Waals surface area contributed by atoms with Crippen LogP contribution in [0.1, 0.15) is 58.9 Å². The lowest BCUT2D eigenvalue weighted by molar-refractivity contribution is 0.318. The van der Waals surface area contributed by atoms with Gasteiger partial charge in [-0.05, 0) is 36.5 Å². The average molecular weight is 510 g/mol. The predicted octanol–water partition coefficient (Wildman–Crippen LogP) is 3.61. The molecule has 0 aliphatic carbocycles. The largest absolute Gasteiger partial charge is 0.357 e. The summed E-state index contributed by atoms with van der Waals surface area (Å²) < 4.78 is 22.6. The number of nitrogens with one attached hydrogen (secondary N) is 2. The van der Waals surface area contributed by atoms with E-state index in [1.165, 1.54) is 37.8 Å². The first kappa shape index (κ1) is 26.1. The first-order chi connectivity index (χ1) is 12.2. The summed E-state index contributed by atoms with van der Waals surface area (Å²) >= 11 is 0. The highest BCUT2D eigenvalue weighted by molar-refractivity contribution is 14.0. The monoisotopic (exact) mass is 510 g/mol. The van der Waals surface area contributed by atoms with Gasteiger partial charge in [-0.15, -0.1) is 24.0 Å². The molecular weight excluding hydrogens is 475 g/mol. The Labute approximate surface area is 181 Å². The molecule has 0 fully saturated rings. The van der Waals surface area contributed by atoms with Crippen molar-refractivity contribution >= 4 is 40.0 Å². The van der Waals surface area contributed by atoms with Gasteiger partial charge < -0.3 is 10.6 Å². The van der Waals surface area contributed by atoms with E-state index in [1.54, 1.807) is 12.1 Å². The van der Waals surface area contributed by atoms with Crippen molar-refractivity contribution in [2.24, 2.45) is 15.5 Å². The molecule has 0 aliphatic heterocycles. The molecule has 8 heteroatoms. The highest BCUT2D eigenvalue weighted by Crippen LogP contribution is 2.22. The summed E-state index contributed by atoms with van der Waals surface area (Å²) in [6.45, 7) is 10.9. The molecule has 0 unspecified atom stereocenters. The van der Waals surface area contributed by atoms with Gasteiger partial charge in [0.05, 0.1) is 11.4 Å². The first-order valence-corrected chi connectivity index (χ1v) is 10.9. The van der Waals surface area contributed by atoms with E-state index in [4.69, 9.17) is 5.14 Å². The van der Waals surface area contributed by atoms with Crippen LogP contribution in [0.15, 0.2) is 34.2 Å². The van der Waals surface area contributed by atoms with Crippen LogP contribution in [0.25, 0.3) is 0 Å². The molecule has 0 atom stereocenters. The number of guanidine groups is 1. The Morgan fingerprint density at radius 3 is 2.26 bits per heavy atom. The van der Waals surface area contributed by atoms with Gasteiger partial charge in [-0.2, -0.15) is 0 Å². The molecule has 0 radical (unpaired) electrons. The number of benzene rings is 1. The lowest BCUT2D eigenvalue weighted by Gasteiger charge is -2.26. The molecule has 156 valence electrons. The van der Waals surface area contributed by atoms with E-state index in [2.05, 4.69) is 36.4 Å². The van der Waals surface area contributed by atoms with E-state index in [9.17, 15) is 8.42 Å². The summed E-state index contributed by atoms with van der Waals surface area (Å²) in [4.78, 5) is 4.70. The summed E-state index contributed by atoms with van der Waals surface area (Å²) in [5.41, 5.74) is 1.14.